The van der Waals surface area contributed by atoms with Gasteiger partial charge in [-0.3, -0.25) is 9.59 Å². The SMILES string of the molecule is CC1=C(C(=O)Nc2ccccn2)C(c2ccc(COc3cccc(C(F)(F)F)c3)o2)C2=C(CC(C)(C)CC2=O)N1. The van der Waals surface area contributed by atoms with Crippen LogP contribution in [0.3, 0.4) is 0 Å². The van der Waals surface area contributed by atoms with Gasteiger partial charge in [0, 0.05) is 29.6 Å². The predicted molar refractivity (Wildman–Crippen MR) is 141 cm³/mol. The van der Waals surface area contributed by atoms with Gasteiger partial charge in [-0.1, -0.05) is 26.0 Å². The second kappa shape index (κ2) is 10.3. The number of ether oxygens (including phenoxy) is 1. The van der Waals surface area contributed by atoms with Crippen LogP contribution in [0.1, 0.15) is 56.6 Å². The number of allylic oxidation sites excluding steroid dienone is 3. The van der Waals surface area contributed by atoms with Crippen LogP contribution in [0.4, 0.5) is 19.0 Å². The number of pyridine rings is 1. The number of benzene rings is 1. The molecule has 3 aromatic rings. The van der Waals surface area contributed by atoms with E-state index in [1.54, 1.807) is 43.5 Å². The summed E-state index contributed by atoms with van der Waals surface area (Å²) >= 11 is 0. The highest BCUT2D eigenvalue weighted by Crippen LogP contribution is 2.47. The first-order valence-electron chi connectivity index (χ1n) is 12.8. The molecule has 0 spiro atoms. The number of nitrogens with zero attached hydrogens (tertiary/aromatic N) is 1. The molecule has 0 radical (unpaired) electrons. The molecule has 0 bridgehead atoms. The number of halogens is 3. The monoisotopic (exact) mass is 551 g/mol. The van der Waals surface area contributed by atoms with Gasteiger partial charge in [-0.2, -0.15) is 13.2 Å². The largest absolute Gasteiger partial charge is 0.486 e. The van der Waals surface area contributed by atoms with E-state index in [0.29, 0.717) is 47.0 Å². The van der Waals surface area contributed by atoms with Crippen molar-refractivity contribution in [2.45, 2.75) is 52.3 Å². The van der Waals surface area contributed by atoms with Gasteiger partial charge < -0.3 is 19.8 Å². The van der Waals surface area contributed by atoms with E-state index in [2.05, 4.69) is 15.6 Å². The molecule has 2 aromatic heterocycles. The number of rotatable bonds is 6. The zero-order valence-corrected chi connectivity index (χ0v) is 22.2. The third kappa shape index (κ3) is 5.66. The van der Waals surface area contributed by atoms with Crippen LogP contribution in [-0.2, 0) is 22.4 Å². The molecule has 10 heteroatoms. The number of anilines is 1. The van der Waals surface area contributed by atoms with Crippen molar-refractivity contribution in [3.05, 3.63) is 100 Å². The molecular formula is C30H28F3N3O4. The van der Waals surface area contributed by atoms with Crippen LogP contribution in [0.15, 0.2) is 87.8 Å². The minimum Gasteiger partial charge on any atom is -0.486 e. The zero-order valence-electron chi connectivity index (χ0n) is 22.2. The van der Waals surface area contributed by atoms with E-state index in [0.717, 1.165) is 17.8 Å². The second-order valence-corrected chi connectivity index (χ2v) is 10.7. The Bertz CT molecular complexity index is 1520. The van der Waals surface area contributed by atoms with Crippen molar-refractivity contribution >= 4 is 17.5 Å². The Morgan fingerprint density at radius 3 is 2.67 bits per heavy atom. The summed E-state index contributed by atoms with van der Waals surface area (Å²) in [6.07, 6.45) is -2.01. The van der Waals surface area contributed by atoms with Crippen LogP contribution in [0.25, 0.3) is 0 Å². The van der Waals surface area contributed by atoms with Gasteiger partial charge in [-0.15, -0.1) is 0 Å². The molecule has 1 aliphatic carbocycles. The Labute approximate surface area is 229 Å². The minimum absolute atomic E-state index is 0.0375. The molecule has 1 aromatic carbocycles. The van der Waals surface area contributed by atoms with Gasteiger partial charge in [0.1, 0.15) is 29.7 Å². The number of alkyl halides is 3. The van der Waals surface area contributed by atoms with E-state index in [9.17, 15) is 22.8 Å². The van der Waals surface area contributed by atoms with E-state index < -0.39 is 23.6 Å². The summed E-state index contributed by atoms with van der Waals surface area (Å²) in [5, 5.41) is 6.09. The van der Waals surface area contributed by atoms with Crippen LogP contribution >= 0.6 is 0 Å². The Kier molecular flexibility index (Phi) is 7.03. The fourth-order valence-electron chi connectivity index (χ4n) is 5.19. The van der Waals surface area contributed by atoms with Crippen molar-refractivity contribution in [2.75, 3.05) is 5.32 Å². The Morgan fingerprint density at radius 2 is 1.95 bits per heavy atom. The number of Topliss-reactive ketones (excluding diaryl/α,β-unsaturated/α-hetero) is 1. The first kappa shape index (κ1) is 27.2. The molecule has 0 saturated heterocycles. The lowest BCUT2D eigenvalue weighted by molar-refractivity contribution is -0.137. The lowest BCUT2D eigenvalue weighted by atomic mass is 9.69. The smallest absolute Gasteiger partial charge is 0.416 e. The fraction of sp³-hybridized carbons (Fsp3) is 0.300. The standard InChI is InChI=1S/C30H28F3N3O4/c1-17-25(28(38)36-24-9-4-5-12-34-24)27(26-21(35-17)14-29(2,3)15-22(26)37)23-11-10-20(40-23)16-39-19-8-6-7-18(13-19)30(31,32)33/h4-13,27,35H,14-16H2,1-3H3,(H,34,36,38). The summed E-state index contributed by atoms with van der Waals surface area (Å²) in [4.78, 5) is 31.2. The molecular weight excluding hydrogens is 523 g/mol. The molecule has 5 rings (SSSR count). The first-order valence-corrected chi connectivity index (χ1v) is 12.8. The topological polar surface area (TPSA) is 93.5 Å². The van der Waals surface area contributed by atoms with Crippen molar-refractivity contribution < 1.29 is 31.9 Å². The maximum Gasteiger partial charge on any atom is 0.416 e. The number of hydrogen-bond acceptors (Lipinski definition) is 6. The predicted octanol–water partition coefficient (Wildman–Crippen LogP) is 6.52. The molecule has 0 saturated carbocycles. The summed E-state index contributed by atoms with van der Waals surface area (Å²) in [6, 6.07) is 13.0. The van der Waals surface area contributed by atoms with E-state index in [1.165, 1.54) is 12.1 Å². The van der Waals surface area contributed by atoms with E-state index in [1.807, 2.05) is 13.8 Å². The highest BCUT2D eigenvalue weighted by atomic mass is 19.4. The maximum absolute atomic E-state index is 13.6. The normalized spacial score (nSPS) is 18.8. The summed E-state index contributed by atoms with van der Waals surface area (Å²) in [5.74, 6) is -0.221. The highest BCUT2D eigenvalue weighted by molar-refractivity contribution is 6.09. The molecule has 0 fully saturated rings. The summed E-state index contributed by atoms with van der Waals surface area (Å²) < 4.78 is 50.9. The zero-order chi connectivity index (χ0) is 28.7. The van der Waals surface area contributed by atoms with Crippen molar-refractivity contribution in [2.24, 2.45) is 5.41 Å². The van der Waals surface area contributed by atoms with Crippen molar-refractivity contribution in [1.29, 1.82) is 0 Å². The van der Waals surface area contributed by atoms with Gasteiger partial charge in [-0.25, -0.2) is 4.98 Å². The third-order valence-corrected chi connectivity index (χ3v) is 6.90. The quantitative estimate of drug-likeness (QED) is 0.363. The average molecular weight is 552 g/mol. The van der Waals surface area contributed by atoms with Crippen LogP contribution in [0.2, 0.25) is 0 Å². The third-order valence-electron chi connectivity index (χ3n) is 6.90. The fourth-order valence-corrected chi connectivity index (χ4v) is 5.19. The molecule has 1 aliphatic heterocycles. The summed E-state index contributed by atoms with van der Waals surface area (Å²) in [5.41, 5.74) is 1.04. The van der Waals surface area contributed by atoms with Gasteiger partial charge in [0.2, 0.25) is 0 Å². The van der Waals surface area contributed by atoms with Gasteiger partial charge >= 0.3 is 6.18 Å². The first-order chi connectivity index (χ1) is 18.9. The molecule has 2 aliphatic rings. The summed E-state index contributed by atoms with van der Waals surface area (Å²) in [6.45, 7) is 5.67. The van der Waals surface area contributed by atoms with Gasteiger partial charge in [0.05, 0.1) is 17.1 Å². The minimum atomic E-state index is -4.49. The molecule has 1 amide bonds. The molecule has 208 valence electrons. The Morgan fingerprint density at radius 1 is 1.15 bits per heavy atom. The molecule has 2 N–H and O–H groups in total. The maximum atomic E-state index is 13.6. The average Bonchev–Trinajstić information content (AvgIpc) is 3.35. The highest BCUT2D eigenvalue weighted by Gasteiger charge is 2.44. The number of carbonyl (C=O) groups is 2. The Hall–Kier alpha value is -4.34. The number of hydrogen-bond donors (Lipinski definition) is 2. The van der Waals surface area contributed by atoms with Crippen molar-refractivity contribution in [3.8, 4) is 5.75 Å². The summed E-state index contributed by atoms with van der Waals surface area (Å²) in [7, 11) is 0. The molecule has 3 heterocycles. The Balaban J connectivity index is 1.46. The second-order valence-electron chi connectivity index (χ2n) is 10.7. The van der Waals surface area contributed by atoms with Crippen LogP contribution in [0, 0.1) is 5.41 Å². The molecule has 1 unspecified atom stereocenters. The van der Waals surface area contributed by atoms with Gasteiger partial charge in [0.15, 0.2) is 5.78 Å². The number of carbonyl (C=O) groups excluding carboxylic acids is 2. The number of ketones is 1. The van der Waals surface area contributed by atoms with Crippen LogP contribution in [-0.4, -0.2) is 16.7 Å². The molecule has 40 heavy (non-hydrogen) atoms. The van der Waals surface area contributed by atoms with E-state index in [-0.39, 0.29) is 23.6 Å². The van der Waals surface area contributed by atoms with Gasteiger partial charge in [-0.05, 0) is 61.2 Å². The van der Waals surface area contributed by atoms with Crippen LogP contribution < -0.4 is 15.4 Å². The molecule has 7 nitrogen and oxygen atoms in total. The lowest BCUT2D eigenvalue weighted by Crippen LogP contribution is -2.39. The molecule has 1 atom stereocenters. The van der Waals surface area contributed by atoms with Crippen LogP contribution in [0.5, 0.6) is 5.75 Å². The number of nitrogens with one attached hydrogen (secondary N) is 2. The van der Waals surface area contributed by atoms with Crippen molar-refractivity contribution in [3.63, 3.8) is 0 Å². The van der Waals surface area contributed by atoms with E-state index >= 15 is 0 Å². The lowest BCUT2D eigenvalue weighted by Gasteiger charge is -2.38. The van der Waals surface area contributed by atoms with Gasteiger partial charge in [0.25, 0.3) is 5.91 Å². The number of dihydropyridines is 1. The number of aromatic nitrogens is 1. The van der Waals surface area contributed by atoms with Crippen molar-refractivity contribution in [1.82, 2.24) is 10.3 Å². The van der Waals surface area contributed by atoms with E-state index in [4.69, 9.17) is 9.15 Å². The number of amides is 1. The number of furan rings is 1.